The lowest BCUT2D eigenvalue weighted by Crippen LogP contribution is -2.06. The number of imidazole rings is 1. The number of benzene rings is 1. The molecule has 2 aromatic rings. The molecule has 1 aromatic heterocycles. The van der Waals surface area contributed by atoms with Crippen LogP contribution in [0.25, 0.3) is 0 Å². The van der Waals surface area contributed by atoms with Gasteiger partial charge in [-0.25, -0.2) is 4.98 Å². The van der Waals surface area contributed by atoms with E-state index in [1.165, 1.54) is 5.56 Å². The highest BCUT2D eigenvalue weighted by atomic mass is 35.5. The molecule has 16 heavy (non-hydrogen) atoms. The van der Waals surface area contributed by atoms with Crippen LogP contribution in [-0.4, -0.2) is 14.7 Å². The van der Waals surface area contributed by atoms with E-state index in [-0.39, 0.29) is 12.4 Å². The van der Waals surface area contributed by atoms with E-state index in [0.717, 1.165) is 6.54 Å². The van der Waals surface area contributed by atoms with Crippen molar-refractivity contribution in [1.82, 2.24) is 9.55 Å². The quantitative estimate of drug-likeness (QED) is 0.892. The Bertz CT molecular complexity index is 426. The van der Waals surface area contributed by atoms with Crippen molar-refractivity contribution in [2.75, 3.05) is 0 Å². The molecule has 0 aliphatic rings. The topological polar surface area (TPSA) is 38.1 Å². The van der Waals surface area contributed by atoms with Crippen molar-refractivity contribution in [1.29, 1.82) is 0 Å². The third kappa shape index (κ3) is 2.84. The van der Waals surface area contributed by atoms with E-state index in [4.69, 9.17) is 0 Å². The maximum Gasteiger partial charge on any atom is 0.137 e. The molecule has 0 saturated carbocycles. The monoisotopic (exact) mass is 238 g/mol. The maximum atomic E-state index is 9.49. The Kier molecular flexibility index (Phi) is 4.52. The summed E-state index contributed by atoms with van der Waals surface area (Å²) < 4.78 is 1.96. The summed E-state index contributed by atoms with van der Waals surface area (Å²) in [4.78, 5) is 4.12. The van der Waals surface area contributed by atoms with E-state index < -0.39 is 6.10 Å². The molecule has 0 fully saturated rings. The SMILES string of the molecule is CC(O)c1nccn1Cc1ccccc1.Cl. The van der Waals surface area contributed by atoms with E-state index in [1.807, 2.05) is 29.0 Å². The lowest BCUT2D eigenvalue weighted by atomic mass is 10.2. The maximum absolute atomic E-state index is 9.49. The standard InChI is InChI=1S/C12H14N2O.ClH/c1-10(15)12-13-7-8-14(12)9-11-5-3-2-4-6-11;/h2-8,10,15H,9H2,1H3;1H. The first-order valence-electron chi connectivity index (χ1n) is 5.00. The largest absolute Gasteiger partial charge is 0.385 e. The summed E-state index contributed by atoms with van der Waals surface area (Å²) in [7, 11) is 0. The van der Waals surface area contributed by atoms with Gasteiger partial charge in [-0.2, -0.15) is 0 Å². The normalized spacial score (nSPS) is 11.9. The lowest BCUT2D eigenvalue weighted by molar-refractivity contribution is 0.184. The number of aliphatic hydroxyl groups is 1. The van der Waals surface area contributed by atoms with Crippen LogP contribution in [-0.2, 0) is 6.54 Å². The first-order valence-corrected chi connectivity index (χ1v) is 5.00. The third-order valence-corrected chi connectivity index (χ3v) is 2.32. The first-order chi connectivity index (χ1) is 7.27. The van der Waals surface area contributed by atoms with Crippen molar-refractivity contribution in [2.45, 2.75) is 19.6 Å². The molecule has 0 aliphatic heterocycles. The smallest absolute Gasteiger partial charge is 0.137 e. The molecule has 0 amide bonds. The Hall–Kier alpha value is -1.32. The molecule has 0 saturated heterocycles. The van der Waals surface area contributed by atoms with Crippen LogP contribution in [0, 0.1) is 0 Å². The predicted octanol–water partition coefficient (Wildman–Crippen LogP) is 2.41. The van der Waals surface area contributed by atoms with Crippen molar-refractivity contribution in [3.8, 4) is 0 Å². The number of rotatable bonds is 3. The van der Waals surface area contributed by atoms with Crippen LogP contribution in [0.3, 0.4) is 0 Å². The van der Waals surface area contributed by atoms with Gasteiger partial charge in [-0.05, 0) is 12.5 Å². The van der Waals surface area contributed by atoms with Crippen molar-refractivity contribution in [3.63, 3.8) is 0 Å². The summed E-state index contributed by atoms with van der Waals surface area (Å²) in [6, 6.07) is 10.1. The van der Waals surface area contributed by atoms with Crippen LogP contribution >= 0.6 is 12.4 Å². The molecule has 1 N–H and O–H groups in total. The average molecular weight is 239 g/mol. The predicted molar refractivity (Wildman–Crippen MR) is 65.7 cm³/mol. The number of aromatic nitrogens is 2. The molecule has 86 valence electrons. The molecule has 1 atom stereocenters. The second kappa shape index (κ2) is 5.68. The van der Waals surface area contributed by atoms with Crippen LogP contribution in [0.5, 0.6) is 0 Å². The summed E-state index contributed by atoms with van der Waals surface area (Å²) >= 11 is 0. The summed E-state index contributed by atoms with van der Waals surface area (Å²) in [5.74, 6) is 0.707. The van der Waals surface area contributed by atoms with Gasteiger partial charge in [0, 0.05) is 18.9 Å². The van der Waals surface area contributed by atoms with Crippen molar-refractivity contribution >= 4 is 12.4 Å². The van der Waals surface area contributed by atoms with Crippen LogP contribution in [0.4, 0.5) is 0 Å². The summed E-state index contributed by atoms with van der Waals surface area (Å²) in [6.45, 7) is 2.48. The molecule has 3 nitrogen and oxygen atoms in total. The lowest BCUT2D eigenvalue weighted by Gasteiger charge is -2.09. The molecule has 0 spiro atoms. The highest BCUT2D eigenvalue weighted by Gasteiger charge is 2.08. The fraction of sp³-hybridized carbons (Fsp3) is 0.250. The second-order valence-corrected chi connectivity index (χ2v) is 3.57. The van der Waals surface area contributed by atoms with E-state index in [2.05, 4.69) is 17.1 Å². The Morgan fingerprint density at radius 1 is 1.31 bits per heavy atom. The fourth-order valence-electron chi connectivity index (χ4n) is 1.60. The summed E-state index contributed by atoms with van der Waals surface area (Å²) in [5.41, 5.74) is 1.21. The van der Waals surface area contributed by atoms with E-state index in [1.54, 1.807) is 13.1 Å². The first kappa shape index (κ1) is 12.7. The van der Waals surface area contributed by atoms with Gasteiger partial charge in [0.15, 0.2) is 0 Å². The van der Waals surface area contributed by atoms with Crippen molar-refractivity contribution in [2.24, 2.45) is 0 Å². The molecular weight excluding hydrogens is 224 g/mol. The van der Waals surface area contributed by atoms with Gasteiger partial charge in [0.2, 0.25) is 0 Å². The highest BCUT2D eigenvalue weighted by molar-refractivity contribution is 5.85. The van der Waals surface area contributed by atoms with E-state index in [9.17, 15) is 5.11 Å². The van der Waals surface area contributed by atoms with Crippen LogP contribution in [0.15, 0.2) is 42.7 Å². The van der Waals surface area contributed by atoms with Crippen LogP contribution < -0.4 is 0 Å². The minimum Gasteiger partial charge on any atom is -0.385 e. The average Bonchev–Trinajstić information content (AvgIpc) is 2.67. The second-order valence-electron chi connectivity index (χ2n) is 3.57. The summed E-state index contributed by atoms with van der Waals surface area (Å²) in [6.07, 6.45) is 3.07. The Morgan fingerprint density at radius 2 is 2.00 bits per heavy atom. The van der Waals surface area contributed by atoms with Gasteiger partial charge in [0.25, 0.3) is 0 Å². The number of hydrogen-bond donors (Lipinski definition) is 1. The molecule has 1 unspecified atom stereocenters. The van der Waals surface area contributed by atoms with Gasteiger partial charge < -0.3 is 9.67 Å². The van der Waals surface area contributed by atoms with Crippen molar-refractivity contribution in [3.05, 3.63) is 54.1 Å². The zero-order valence-corrected chi connectivity index (χ0v) is 9.89. The minimum atomic E-state index is -0.524. The van der Waals surface area contributed by atoms with Crippen molar-refractivity contribution < 1.29 is 5.11 Å². The van der Waals surface area contributed by atoms with Crippen LogP contribution in [0.2, 0.25) is 0 Å². The van der Waals surface area contributed by atoms with Gasteiger partial charge in [0.1, 0.15) is 11.9 Å². The molecule has 0 aliphatic carbocycles. The van der Waals surface area contributed by atoms with Gasteiger partial charge in [0.05, 0.1) is 0 Å². The number of nitrogens with zero attached hydrogens (tertiary/aromatic N) is 2. The van der Waals surface area contributed by atoms with E-state index >= 15 is 0 Å². The van der Waals surface area contributed by atoms with Gasteiger partial charge >= 0.3 is 0 Å². The molecule has 4 heteroatoms. The molecule has 1 aromatic carbocycles. The Balaban J connectivity index is 0.00000128. The van der Waals surface area contributed by atoms with Gasteiger partial charge in [-0.1, -0.05) is 30.3 Å². The molecule has 2 rings (SSSR count). The third-order valence-electron chi connectivity index (χ3n) is 2.32. The Morgan fingerprint density at radius 3 is 2.62 bits per heavy atom. The Labute approximate surface area is 101 Å². The number of aliphatic hydroxyl groups excluding tert-OH is 1. The van der Waals surface area contributed by atoms with Crippen LogP contribution in [0.1, 0.15) is 24.4 Å². The fourth-order valence-corrected chi connectivity index (χ4v) is 1.60. The number of hydrogen-bond acceptors (Lipinski definition) is 2. The zero-order chi connectivity index (χ0) is 10.7. The molecular formula is C12H15ClN2O. The molecule has 0 radical (unpaired) electrons. The summed E-state index contributed by atoms with van der Waals surface area (Å²) in [5, 5.41) is 9.49. The number of halogens is 1. The van der Waals surface area contributed by atoms with E-state index in [0.29, 0.717) is 5.82 Å². The molecule has 1 heterocycles. The molecule has 0 bridgehead atoms. The van der Waals surface area contributed by atoms with Gasteiger partial charge in [-0.15, -0.1) is 12.4 Å². The zero-order valence-electron chi connectivity index (χ0n) is 9.08. The highest BCUT2D eigenvalue weighted by Crippen LogP contribution is 2.11. The van der Waals surface area contributed by atoms with Gasteiger partial charge in [-0.3, -0.25) is 0 Å². The minimum absolute atomic E-state index is 0.